The molecule has 3 rings (SSSR count). The van der Waals surface area contributed by atoms with Gasteiger partial charge in [0.2, 0.25) is 0 Å². The molecule has 4 heteroatoms. The van der Waals surface area contributed by atoms with Gasteiger partial charge in [0.05, 0.1) is 19.8 Å². The highest BCUT2D eigenvalue weighted by molar-refractivity contribution is 6.30. The fraction of sp³-hybridized carbons (Fsp3) is 0.333. The summed E-state index contributed by atoms with van der Waals surface area (Å²) in [6, 6.07) is 25.3. The molecule has 0 spiro atoms. The lowest BCUT2D eigenvalue weighted by Crippen LogP contribution is -2.84. The van der Waals surface area contributed by atoms with Crippen LogP contribution in [0.15, 0.2) is 72.8 Å². The molecule has 0 saturated carbocycles. The summed E-state index contributed by atoms with van der Waals surface area (Å²) < 4.78 is 11.5. The molecule has 2 atom stereocenters. The molecule has 0 aliphatic rings. The molecule has 31 heavy (non-hydrogen) atoms. The van der Waals surface area contributed by atoms with E-state index in [1.165, 1.54) is 16.7 Å². The number of hydrogen-bond donors (Lipinski definition) is 1. The van der Waals surface area contributed by atoms with Crippen molar-refractivity contribution in [2.24, 2.45) is 0 Å². The largest absolute Gasteiger partial charge is 0.496 e. The molecule has 3 aromatic carbocycles. The van der Waals surface area contributed by atoms with Crippen LogP contribution in [-0.2, 0) is 0 Å². The van der Waals surface area contributed by atoms with Gasteiger partial charge in [-0.05, 0) is 56.7 Å². The number of methoxy groups -OCH3 is 1. The number of para-hydroxylation sites is 1. The SMILES string of the molecule is COc1ccccc1[C@@H](CC[NH2+][C@@H](C)c1ccc(Cl)cc1)c1ccc(OC(C)C)cc1. The van der Waals surface area contributed by atoms with Gasteiger partial charge in [-0.15, -0.1) is 0 Å². The molecule has 0 bridgehead atoms. The van der Waals surface area contributed by atoms with Gasteiger partial charge in [-0.2, -0.15) is 0 Å². The van der Waals surface area contributed by atoms with Gasteiger partial charge in [-0.1, -0.05) is 54.1 Å². The average Bonchev–Trinajstić information content (AvgIpc) is 2.77. The lowest BCUT2D eigenvalue weighted by molar-refractivity contribution is -0.693. The molecular weight excluding hydrogens is 406 g/mol. The minimum Gasteiger partial charge on any atom is -0.496 e. The predicted molar refractivity (Wildman–Crippen MR) is 128 cm³/mol. The van der Waals surface area contributed by atoms with E-state index in [9.17, 15) is 0 Å². The number of rotatable bonds is 10. The minimum atomic E-state index is 0.166. The Hall–Kier alpha value is -2.49. The first-order valence-corrected chi connectivity index (χ1v) is 11.3. The first-order valence-electron chi connectivity index (χ1n) is 11.0. The first kappa shape index (κ1) is 23.2. The normalized spacial score (nSPS) is 13.1. The van der Waals surface area contributed by atoms with Crippen LogP contribution < -0.4 is 14.8 Å². The van der Waals surface area contributed by atoms with Crippen LogP contribution in [-0.4, -0.2) is 19.8 Å². The topological polar surface area (TPSA) is 35.1 Å². The second-order valence-electron chi connectivity index (χ2n) is 8.18. The van der Waals surface area contributed by atoms with E-state index in [-0.39, 0.29) is 12.0 Å². The summed E-state index contributed by atoms with van der Waals surface area (Å²) in [6.07, 6.45) is 1.17. The second-order valence-corrected chi connectivity index (χ2v) is 8.62. The van der Waals surface area contributed by atoms with Gasteiger partial charge in [0.25, 0.3) is 0 Å². The maximum absolute atomic E-state index is 6.03. The molecule has 0 unspecified atom stereocenters. The highest BCUT2D eigenvalue weighted by atomic mass is 35.5. The summed E-state index contributed by atoms with van der Waals surface area (Å²) in [5.74, 6) is 2.08. The number of ether oxygens (including phenoxy) is 2. The monoisotopic (exact) mass is 438 g/mol. The van der Waals surface area contributed by atoms with E-state index in [1.807, 2.05) is 38.1 Å². The lowest BCUT2D eigenvalue weighted by atomic mass is 9.87. The van der Waals surface area contributed by atoms with Crippen molar-refractivity contribution >= 4 is 11.6 Å². The van der Waals surface area contributed by atoms with E-state index in [0.717, 1.165) is 29.5 Å². The van der Waals surface area contributed by atoms with Crippen molar-refractivity contribution in [2.45, 2.75) is 45.3 Å². The first-order chi connectivity index (χ1) is 15.0. The van der Waals surface area contributed by atoms with Crippen molar-refractivity contribution in [3.63, 3.8) is 0 Å². The van der Waals surface area contributed by atoms with Crippen molar-refractivity contribution in [2.75, 3.05) is 13.7 Å². The van der Waals surface area contributed by atoms with Crippen LogP contribution in [0.5, 0.6) is 11.5 Å². The number of nitrogens with two attached hydrogens (primary N) is 1. The molecule has 0 radical (unpaired) electrons. The molecule has 3 nitrogen and oxygen atoms in total. The van der Waals surface area contributed by atoms with E-state index in [0.29, 0.717) is 6.04 Å². The number of hydrogen-bond acceptors (Lipinski definition) is 2. The maximum Gasteiger partial charge on any atom is 0.122 e. The van der Waals surface area contributed by atoms with Crippen LogP contribution in [0.4, 0.5) is 0 Å². The summed E-state index contributed by atoms with van der Waals surface area (Å²) in [5, 5.41) is 3.17. The fourth-order valence-corrected chi connectivity index (χ4v) is 4.05. The van der Waals surface area contributed by atoms with Crippen molar-refractivity contribution in [3.8, 4) is 11.5 Å². The number of quaternary nitrogens is 1. The van der Waals surface area contributed by atoms with Gasteiger partial charge in [0.15, 0.2) is 0 Å². The van der Waals surface area contributed by atoms with Crippen molar-refractivity contribution in [1.29, 1.82) is 0 Å². The van der Waals surface area contributed by atoms with Crippen LogP contribution in [0.2, 0.25) is 5.02 Å². The van der Waals surface area contributed by atoms with Crippen LogP contribution in [0.1, 0.15) is 55.8 Å². The second kappa shape index (κ2) is 11.2. The zero-order chi connectivity index (χ0) is 22.2. The van der Waals surface area contributed by atoms with E-state index in [2.05, 4.69) is 60.8 Å². The Labute approximate surface area is 191 Å². The van der Waals surface area contributed by atoms with Gasteiger partial charge >= 0.3 is 0 Å². The molecule has 3 aromatic rings. The summed E-state index contributed by atoms with van der Waals surface area (Å²) >= 11 is 6.03. The van der Waals surface area contributed by atoms with E-state index in [4.69, 9.17) is 21.1 Å². The molecule has 2 N–H and O–H groups in total. The van der Waals surface area contributed by atoms with E-state index >= 15 is 0 Å². The minimum absolute atomic E-state index is 0.166. The summed E-state index contributed by atoms with van der Waals surface area (Å²) in [5.41, 5.74) is 3.77. The third kappa shape index (κ3) is 6.49. The highest BCUT2D eigenvalue weighted by Gasteiger charge is 2.20. The highest BCUT2D eigenvalue weighted by Crippen LogP contribution is 2.34. The van der Waals surface area contributed by atoms with Gasteiger partial charge < -0.3 is 14.8 Å². The molecule has 0 aliphatic heterocycles. The van der Waals surface area contributed by atoms with Crippen molar-refractivity contribution < 1.29 is 14.8 Å². The maximum atomic E-state index is 6.03. The average molecular weight is 439 g/mol. The molecule has 0 amide bonds. The summed E-state index contributed by atoms with van der Waals surface area (Å²) in [6.45, 7) is 7.32. The molecule has 0 fully saturated rings. The lowest BCUT2D eigenvalue weighted by Gasteiger charge is -2.21. The van der Waals surface area contributed by atoms with Gasteiger partial charge in [-0.25, -0.2) is 0 Å². The molecule has 0 aromatic heterocycles. The quantitative estimate of drug-likeness (QED) is 0.422. The number of benzene rings is 3. The van der Waals surface area contributed by atoms with E-state index in [1.54, 1.807) is 7.11 Å². The summed E-state index contributed by atoms with van der Waals surface area (Å²) in [7, 11) is 1.74. The molecule has 0 saturated heterocycles. The molecular formula is C27H33ClNO2+. The van der Waals surface area contributed by atoms with Gasteiger partial charge in [-0.3, -0.25) is 0 Å². The Kier molecular flexibility index (Phi) is 8.39. The zero-order valence-electron chi connectivity index (χ0n) is 18.8. The predicted octanol–water partition coefficient (Wildman–Crippen LogP) is 5.98. The van der Waals surface area contributed by atoms with Crippen LogP contribution in [0, 0.1) is 0 Å². The Balaban J connectivity index is 1.77. The van der Waals surface area contributed by atoms with Crippen LogP contribution >= 0.6 is 11.6 Å². The third-order valence-corrected chi connectivity index (χ3v) is 5.79. The van der Waals surface area contributed by atoms with E-state index < -0.39 is 0 Å². The molecule has 164 valence electrons. The Morgan fingerprint density at radius 1 is 0.839 bits per heavy atom. The summed E-state index contributed by atoms with van der Waals surface area (Å²) in [4.78, 5) is 0. The van der Waals surface area contributed by atoms with Crippen LogP contribution in [0.3, 0.4) is 0 Å². The van der Waals surface area contributed by atoms with Crippen LogP contribution in [0.25, 0.3) is 0 Å². The Morgan fingerprint density at radius 3 is 2.13 bits per heavy atom. The van der Waals surface area contributed by atoms with Crippen molar-refractivity contribution in [3.05, 3.63) is 94.5 Å². The zero-order valence-corrected chi connectivity index (χ0v) is 19.6. The molecule has 0 aliphatic carbocycles. The van der Waals surface area contributed by atoms with Gasteiger partial charge in [0.1, 0.15) is 17.5 Å². The third-order valence-electron chi connectivity index (χ3n) is 5.54. The smallest absolute Gasteiger partial charge is 0.122 e. The van der Waals surface area contributed by atoms with Crippen molar-refractivity contribution in [1.82, 2.24) is 0 Å². The molecule has 0 heterocycles. The standard InChI is InChI=1S/C27H32ClNO2/c1-19(2)31-24-15-11-22(12-16-24)25(26-7-5-6-8-27(26)30-4)17-18-29-20(3)21-9-13-23(28)14-10-21/h5-16,19-20,25,29H,17-18H2,1-4H3/p+1/t20-,25-/m0/s1. The Bertz CT molecular complexity index is 938. The fourth-order valence-electron chi connectivity index (χ4n) is 3.92. The van der Waals surface area contributed by atoms with Gasteiger partial charge in [0, 0.05) is 28.5 Å². The Morgan fingerprint density at radius 2 is 1.48 bits per heavy atom. The number of halogens is 1.